The minimum atomic E-state index is -0.249. The predicted octanol–water partition coefficient (Wildman–Crippen LogP) is 8.57. The van der Waals surface area contributed by atoms with Crippen molar-refractivity contribution in [3.63, 3.8) is 0 Å². The van der Waals surface area contributed by atoms with Crippen LogP contribution in [0.15, 0.2) is 0 Å². The molecule has 0 saturated carbocycles. The summed E-state index contributed by atoms with van der Waals surface area (Å²) in [7, 11) is 0. The average molecular weight is 383 g/mol. The van der Waals surface area contributed by atoms with Gasteiger partial charge in [-0.25, -0.2) is 0 Å². The van der Waals surface area contributed by atoms with Crippen LogP contribution in [-0.2, 0) is 9.47 Å². The zero-order valence-electron chi connectivity index (χ0n) is 18.9. The summed E-state index contributed by atoms with van der Waals surface area (Å²) in [5.74, 6) is -0.249. The molecule has 0 aromatic carbocycles. The van der Waals surface area contributed by atoms with E-state index in [1.807, 2.05) is 0 Å². The lowest BCUT2D eigenvalue weighted by Crippen LogP contribution is -2.35. The summed E-state index contributed by atoms with van der Waals surface area (Å²) in [6.45, 7) is 6.37. The fourth-order valence-electron chi connectivity index (χ4n) is 4.23. The van der Waals surface area contributed by atoms with Gasteiger partial charge < -0.3 is 9.47 Å². The van der Waals surface area contributed by atoms with E-state index in [0.717, 1.165) is 38.9 Å². The molecule has 0 N–H and O–H groups in total. The molecule has 0 spiro atoms. The first-order valence-corrected chi connectivity index (χ1v) is 12.6. The van der Waals surface area contributed by atoms with Crippen LogP contribution >= 0.6 is 0 Å². The smallest absolute Gasteiger partial charge is 0.168 e. The normalized spacial score (nSPS) is 17.1. The summed E-state index contributed by atoms with van der Waals surface area (Å²) in [5.41, 5.74) is 0. The molecule has 162 valence electrons. The first-order chi connectivity index (χ1) is 13.3. The standard InChI is InChI=1S/C25H50O2/c1-3-5-7-9-11-12-13-14-16-18-22-25(26-23-19-20-24-27-25)21-17-15-10-8-6-4-2/h3-24H2,1-2H3. The number of rotatable bonds is 18. The molecule has 0 aromatic rings. The highest BCUT2D eigenvalue weighted by atomic mass is 16.7. The van der Waals surface area contributed by atoms with E-state index >= 15 is 0 Å². The van der Waals surface area contributed by atoms with Crippen LogP contribution in [0.4, 0.5) is 0 Å². The maximum Gasteiger partial charge on any atom is 0.168 e. The molecule has 1 fully saturated rings. The van der Waals surface area contributed by atoms with Gasteiger partial charge in [-0.2, -0.15) is 0 Å². The number of unbranched alkanes of at least 4 members (excludes halogenated alkanes) is 14. The lowest BCUT2D eigenvalue weighted by Gasteiger charge is -2.32. The van der Waals surface area contributed by atoms with E-state index in [1.54, 1.807) is 0 Å². The quantitative estimate of drug-likeness (QED) is 0.221. The van der Waals surface area contributed by atoms with E-state index in [1.165, 1.54) is 103 Å². The minimum absolute atomic E-state index is 0.249. The fraction of sp³-hybridized carbons (Fsp3) is 1.00. The first-order valence-electron chi connectivity index (χ1n) is 12.6. The molecule has 0 amide bonds. The van der Waals surface area contributed by atoms with Crippen molar-refractivity contribution >= 4 is 0 Å². The molecule has 0 unspecified atom stereocenters. The van der Waals surface area contributed by atoms with Crippen molar-refractivity contribution in [1.29, 1.82) is 0 Å². The lowest BCUT2D eigenvalue weighted by molar-refractivity contribution is -0.234. The Bertz CT molecular complexity index is 295. The SMILES string of the molecule is CCCCCCCCCCCCC1(CCCCCCCC)OCCCCO1. The van der Waals surface area contributed by atoms with Crippen LogP contribution in [0, 0.1) is 0 Å². The summed E-state index contributed by atoms with van der Waals surface area (Å²) in [5, 5.41) is 0. The Morgan fingerprint density at radius 3 is 1.19 bits per heavy atom. The van der Waals surface area contributed by atoms with Gasteiger partial charge in [-0.3, -0.25) is 0 Å². The Balaban J connectivity index is 2.13. The maximum absolute atomic E-state index is 6.28. The number of ether oxygens (including phenoxy) is 2. The fourth-order valence-corrected chi connectivity index (χ4v) is 4.23. The van der Waals surface area contributed by atoms with E-state index < -0.39 is 0 Å². The second kappa shape index (κ2) is 18.0. The number of hydrogen-bond acceptors (Lipinski definition) is 2. The summed E-state index contributed by atoms with van der Waals surface area (Å²) in [6.07, 6.45) is 26.6. The Labute approximate surface area is 171 Å². The monoisotopic (exact) mass is 382 g/mol. The van der Waals surface area contributed by atoms with E-state index in [2.05, 4.69) is 13.8 Å². The molecule has 2 nitrogen and oxygen atoms in total. The molecule has 27 heavy (non-hydrogen) atoms. The van der Waals surface area contributed by atoms with Gasteiger partial charge in [0.15, 0.2) is 5.79 Å². The van der Waals surface area contributed by atoms with Crippen LogP contribution in [0.3, 0.4) is 0 Å². The highest BCUT2D eigenvalue weighted by molar-refractivity contribution is 4.73. The summed E-state index contributed by atoms with van der Waals surface area (Å²) < 4.78 is 12.6. The second-order valence-corrected chi connectivity index (χ2v) is 8.76. The van der Waals surface area contributed by atoms with Crippen molar-refractivity contribution < 1.29 is 9.47 Å². The van der Waals surface area contributed by atoms with Crippen molar-refractivity contribution in [2.45, 2.75) is 148 Å². The third-order valence-electron chi connectivity index (χ3n) is 6.09. The van der Waals surface area contributed by atoms with Crippen LogP contribution in [-0.4, -0.2) is 19.0 Å². The van der Waals surface area contributed by atoms with E-state index in [0.29, 0.717) is 0 Å². The van der Waals surface area contributed by atoms with E-state index in [-0.39, 0.29) is 5.79 Å². The van der Waals surface area contributed by atoms with Crippen LogP contribution in [0.25, 0.3) is 0 Å². The Kier molecular flexibility index (Phi) is 16.6. The third-order valence-corrected chi connectivity index (χ3v) is 6.09. The van der Waals surface area contributed by atoms with Gasteiger partial charge in [-0.1, -0.05) is 104 Å². The molecule has 1 heterocycles. The topological polar surface area (TPSA) is 18.5 Å². The number of hydrogen-bond donors (Lipinski definition) is 0. The van der Waals surface area contributed by atoms with Gasteiger partial charge in [0.05, 0.1) is 13.2 Å². The van der Waals surface area contributed by atoms with Gasteiger partial charge >= 0.3 is 0 Å². The molecular formula is C25H50O2. The van der Waals surface area contributed by atoms with Crippen LogP contribution in [0.2, 0.25) is 0 Å². The Hall–Kier alpha value is -0.0800. The van der Waals surface area contributed by atoms with Crippen LogP contribution in [0.5, 0.6) is 0 Å². The zero-order chi connectivity index (χ0) is 19.5. The Morgan fingerprint density at radius 2 is 0.815 bits per heavy atom. The third kappa shape index (κ3) is 13.7. The molecule has 0 aromatic heterocycles. The average Bonchev–Trinajstić information content (AvgIpc) is 2.92. The van der Waals surface area contributed by atoms with Crippen molar-refractivity contribution in [3.05, 3.63) is 0 Å². The van der Waals surface area contributed by atoms with Crippen molar-refractivity contribution in [2.75, 3.05) is 13.2 Å². The molecule has 0 bridgehead atoms. The summed E-state index contributed by atoms with van der Waals surface area (Å²) in [6, 6.07) is 0. The molecule has 0 atom stereocenters. The Morgan fingerprint density at radius 1 is 0.481 bits per heavy atom. The molecule has 1 aliphatic rings. The van der Waals surface area contributed by atoms with Gasteiger partial charge in [-0.15, -0.1) is 0 Å². The zero-order valence-corrected chi connectivity index (χ0v) is 18.9. The minimum Gasteiger partial charge on any atom is -0.350 e. The first kappa shape index (κ1) is 25.0. The van der Waals surface area contributed by atoms with E-state index in [4.69, 9.17) is 9.47 Å². The molecule has 0 radical (unpaired) electrons. The highest BCUT2D eigenvalue weighted by Crippen LogP contribution is 2.31. The summed E-state index contributed by atoms with van der Waals surface area (Å²) in [4.78, 5) is 0. The van der Waals surface area contributed by atoms with Gasteiger partial charge in [-0.05, 0) is 25.7 Å². The molecule has 2 heteroatoms. The molecule has 0 aliphatic carbocycles. The maximum atomic E-state index is 6.28. The lowest BCUT2D eigenvalue weighted by atomic mass is 9.98. The van der Waals surface area contributed by atoms with Crippen molar-refractivity contribution in [2.24, 2.45) is 0 Å². The second-order valence-electron chi connectivity index (χ2n) is 8.76. The summed E-state index contributed by atoms with van der Waals surface area (Å²) >= 11 is 0. The molecule has 1 saturated heterocycles. The van der Waals surface area contributed by atoms with Gasteiger partial charge in [0.25, 0.3) is 0 Å². The van der Waals surface area contributed by atoms with Gasteiger partial charge in [0.2, 0.25) is 0 Å². The van der Waals surface area contributed by atoms with Crippen molar-refractivity contribution in [1.82, 2.24) is 0 Å². The van der Waals surface area contributed by atoms with Crippen molar-refractivity contribution in [3.8, 4) is 0 Å². The molecule has 1 rings (SSSR count). The molecular weight excluding hydrogens is 332 g/mol. The van der Waals surface area contributed by atoms with Crippen LogP contribution in [0.1, 0.15) is 142 Å². The van der Waals surface area contributed by atoms with Crippen LogP contribution < -0.4 is 0 Å². The predicted molar refractivity (Wildman–Crippen MR) is 118 cm³/mol. The highest BCUT2D eigenvalue weighted by Gasteiger charge is 2.32. The largest absolute Gasteiger partial charge is 0.350 e. The van der Waals surface area contributed by atoms with Gasteiger partial charge in [0, 0.05) is 12.8 Å². The van der Waals surface area contributed by atoms with Gasteiger partial charge in [0.1, 0.15) is 0 Å². The van der Waals surface area contributed by atoms with E-state index in [9.17, 15) is 0 Å². The molecule has 1 aliphatic heterocycles.